The third kappa shape index (κ3) is 2.09. The number of rotatable bonds is 4. The molecule has 4 heteroatoms. The van der Waals surface area contributed by atoms with Crippen molar-refractivity contribution in [2.24, 2.45) is 5.73 Å². The van der Waals surface area contributed by atoms with E-state index in [1.165, 1.54) is 0 Å². The predicted molar refractivity (Wildman–Crippen MR) is 67.0 cm³/mol. The monoisotopic (exact) mass is 255 g/mol. The zero-order chi connectivity index (χ0) is 13.6. The van der Waals surface area contributed by atoms with Gasteiger partial charge in [0, 0.05) is 16.5 Å². The maximum Gasteiger partial charge on any atom is 0.387 e. The largest absolute Gasteiger partial charge is 0.434 e. The van der Waals surface area contributed by atoms with Crippen molar-refractivity contribution in [3.8, 4) is 5.75 Å². The summed E-state index contributed by atoms with van der Waals surface area (Å²) in [5.41, 5.74) is 7.08. The van der Waals surface area contributed by atoms with Crippen molar-refractivity contribution in [3.05, 3.63) is 29.3 Å². The molecule has 1 aromatic carbocycles. The molecule has 2 rings (SSSR count). The molecule has 18 heavy (non-hydrogen) atoms. The van der Waals surface area contributed by atoms with Crippen LogP contribution < -0.4 is 10.5 Å². The van der Waals surface area contributed by atoms with Gasteiger partial charge in [-0.05, 0) is 39.2 Å². The van der Waals surface area contributed by atoms with Gasteiger partial charge in [-0.1, -0.05) is 18.2 Å². The first kappa shape index (κ1) is 13.3. The second-order valence-electron chi connectivity index (χ2n) is 5.63. The predicted octanol–water partition coefficient (Wildman–Crippen LogP) is 3.37. The Morgan fingerprint density at radius 1 is 1.33 bits per heavy atom. The van der Waals surface area contributed by atoms with Crippen LogP contribution in [0, 0.1) is 6.92 Å². The topological polar surface area (TPSA) is 35.2 Å². The highest BCUT2D eigenvalue weighted by atomic mass is 19.3. The molecule has 0 aliphatic heterocycles. The van der Waals surface area contributed by atoms with Crippen LogP contribution in [0.4, 0.5) is 8.78 Å². The highest BCUT2D eigenvalue weighted by Crippen LogP contribution is 2.57. The summed E-state index contributed by atoms with van der Waals surface area (Å²) in [6.45, 7) is 2.85. The molecule has 2 nitrogen and oxygen atoms in total. The average molecular weight is 255 g/mol. The van der Waals surface area contributed by atoms with E-state index in [0.717, 1.165) is 24.0 Å². The fourth-order valence-corrected chi connectivity index (χ4v) is 2.66. The van der Waals surface area contributed by atoms with Crippen LogP contribution in [0.2, 0.25) is 0 Å². The van der Waals surface area contributed by atoms with Gasteiger partial charge in [-0.2, -0.15) is 8.78 Å². The molecule has 1 aliphatic rings. The minimum atomic E-state index is -2.80. The van der Waals surface area contributed by atoms with Gasteiger partial charge in [0.25, 0.3) is 0 Å². The molecule has 0 unspecified atom stereocenters. The summed E-state index contributed by atoms with van der Waals surface area (Å²) < 4.78 is 29.8. The molecule has 2 N–H and O–H groups in total. The molecule has 0 spiro atoms. The lowest BCUT2D eigenvalue weighted by molar-refractivity contribution is -0.0513. The molecular weight excluding hydrogens is 236 g/mol. The SMILES string of the molecule is Cc1cccc(C2(C(C)(C)N)CC2)c1OC(F)F. The van der Waals surface area contributed by atoms with E-state index in [0.29, 0.717) is 5.75 Å². The first-order chi connectivity index (χ1) is 8.28. The maximum absolute atomic E-state index is 12.5. The van der Waals surface area contributed by atoms with Crippen molar-refractivity contribution in [2.45, 2.75) is 51.2 Å². The fourth-order valence-electron chi connectivity index (χ4n) is 2.66. The molecule has 0 bridgehead atoms. The molecule has 0 radical (unpaired) electrons. The Bertz CT molecular complexity index is 448. The maximum atomic E-state index is 12.5. The minimum absolute atomic E-state index is 0.233. The van der Waals surface area contributed by atoms with E-state index in [2.05, 4.69) is 0 Å². The zero-order valence-electron chi connectivity index (χ0n) is 11.0. The van der Waals surface area contributed by atoms with E-state index in [9.17, 15) is 8.78 Å². The van der Waals surface area contributed by atoms with Gasteiger partial charge in [0.2, 0.25) is 0 Å². The van der Waals surface area contributed by atoms with Gasteiger partial charge in [-0.3, -0.25) is 0 Å². The standard InChI is InChI=1S/C14H19F2NO/c1-9-5-4-6-10(11(9)18-12(15)16)14(7-8-14)13(2,3)17/h4-6,12H,7-8,17H2,1-3H3. The summed E-state index contributed by atoms with van der Waals surface area (Å²) in [5, 5.41) is 0. The third-order valence-electron chi connectivity index (χ3n) is 3.92. The minimum Gasteiger partial charge on any atom is -0.434 e. The van der Waals surface area contributed by atoms with Gasteiger partial charge < -0.3 is 10.5 Å². The Balaban J connectivity index is 2.49. The van der Waals surface area contributed by atoms with Crippen molar-refractivity contribution in [3.63, 3.8) is 0 Å². The van der Waals surface area contributed by atoms with Crippen LogP contribution in [0.5, 0.6) is 5.75 Å². The molecule has 0 saturated heterocycles. The summed E-state index contributed by atoms with van der Waals surface area (Å²) in [6.07, 6.45) is 1.83. The first-order valence-corrected chi connectivity index (χ1v) is 6.12. The number of hydrogen-bond acceptors (Lipinski definition) is 2. The van der Waals surface area contributed by atoms with Crippen LogP contribution >= 0.6 is 0 Å². The van der Waals surface area contributed by atoms with Crippen LogP contribution in [0.15, 0.2) is 18.2 Å². The molecule has 1 aliphatic carbocycles. The van der Waals surface area contributed by atoms with Gasteiger partial charge in [0.1, 0.15) is 5.75 Å². The number of halogens is 2. The molecule has 0 aromatic heterocycles. The van der Waals surface area contributed by atoms with Gasteiger partial charge in [-0.25, -0.2) is 0 Å². The van der Waals surface area contributed by atoms with Gasteiger partial charge >= 0.3 is 6.61 Å². The van der Waals surface area contributed by atoms with Crippen LogP contribution in [0.1, 0.15) is 37.8 Å². The lowest BCUT2D eigenvalue weighted by Gasteiger charge is -2.32. The summed E-state index contributed by atoms with van der Waals surface area (Å²) in [4.78, 5) is 0. The summed E-state index contributed by atoms with van der Waals surface area (Å²) >= 11 is 0. The van der Waals surface area contributed by atoms with Gasteiger partial charge in [0.15, 0.2) is 0 Å². The number of benzene rings is 1. The summed E-state index contributed by atoms with van der Waals surface area (Å²) in [7, 11) is 0. The molecule has 0 atom stereocenters. The molecule has 0 amide bonds. The third-order valence-corrected chi connectivity index (χ3v) is 3.92. The summed E-state index contributed by atoms with van der Waals surface area (Å²) in [5.74, 6) is 0.295. The van der Waals surface area contributed by atoms with Gasteiger partial charge in [-0.15, -0.1) is 0 Å². The summed E-state index contributed by atoms with van der Waals surface area (Å²) in [6, 6.07) is 5.50. The molecule has 1 saturated carbocycles. The number of ether oxygens (including phenoxy) is 1. The Kier molecular flexibility index (Phi) is 3.09. The zero-order valence-corrected chi connectivity index (χ0v) is 11.0. The first-order valence-electron chi connectivity index (χ1n) is 6.12. The molecule has 1 fully saturated rings. The fraction of sp³-hybridized carbons (Fsp3) is 0.571. The van der Waals surface area contributed by atoms with E-state index in [-0.39, 0.29) is 5.41 Å². The van der Waals surface area contributed by atoms with E-state index in [1.807, 2.05) is 26.0 Å². The Labute approximate surface area is 106 Å². The average Bonchev–Trinajstić information content (AvgIpc) is 3.00. The number of alkyl halides is 2. The number of para-hydroxylation sites is 1. The highest BCUT2D eigenvalue weighted by Gasteiger charge is 2.55. The smallest absolute Gasteiger partial charge is 0.387 e. The van der Waals surface area contributed by atoms with Crippen molar-refractivity contribution in [1.29, 1.82) is 0 Å². The number of nitrogens with two attached hydrogens (primary N) is 1. The van der Waals surface area contributed by atoms with Crippen LogP contribution in [-0.4, -0.2) is 12.2 Å². The highest BCUT2D eigenvalue weighted by molar-refractivity contribution is 5.50. The Morgan fingerprint density at radius 3 is 2.39 bits per heavy atom. The molecule has 1 aromatic rings. The van der Waals surface area contributed by atoms with Crippen LogP contribution in [0.3, 0.4) is 0 Å². The van der Waals surface area contributed by atoms with Crippen molar-refractivity contribution >= 4 is 0 Å². The lowest BCUT2D eigenvalue weighted by Crippen LogP contribution is -2.45. The van der Waals surface area contributed by atoms with E-state index >= 15 is 0 Å². The van der Waals surface area contributed by atoms with E-state index in [1.54, 1.807) is 13.0 Å². The van der Waals surface area contributed by atoms with Crippen molar-refractivity contribution in [2.75, 3.05) is 0 Å². The van der Waals surface area contributed by atoms with E-state index < -0.39 is 12.2 Å². The quantitative estimate of drug-likeness (QED) is 0.895. The van der Waals surface area contributed by atoms with E-state index in [4.69, 9.17) is 10.5 Å². The number of hydrogen-bond donors (Lipinski definition) is 1. The van der Waals surface area contributed by atoms with Crippen molar-refractivity contribution in [1.82, 2.24) is 0 Å². The Morgan fingerprint density at radius 2 is 1.94 bits per heavy atom. The molecule has 0 heterocycles. The Hall–Kier alpha value is -1.16. The second-order valence-corrected chi connectivity index (χ2v) is 5.63. The van der Waals surface area contributed by atoms with Gasteiger partial charge in [0.05, 0.1) is 0 Å². The normalized spacial score (nSPS) is 17.9. The molecule has 100 valence electrons. The molecular formula is C14H19F2NO. The second kappa shape index (κ2) is 4.19. The number of aryl methyl sites for hydroxylation is 1. The lowest BCUT2D eigenvalue weighted by atomic mass is 9.78. The van der Waals surface area contributed by atoms with Crippen LogP contribution in [-0.2, 0) is 5.41 Å². The van der Waals surface area contributed by atoms with Crippen molar-refractivity contribution < 1.29 is 13.5 Å². The van der Waals surface area contributed by atoms with Crippen LogP contribution in [0.25, 0.3) is 0 Å².